The number of carbonyl (C=O) groups excluding carboxylic acids is 3. The highest BCUT2D eigenvalue weighted by molar-refractivity contribution is 6.31. The number of nitrogens with zero attached hydrogens (tertiary/aromatic N) is 2. The van der Waals surface area contributed by atoms with Crippen molar-refractivity contribution < 1.29 is 27.6 Å². The largest absolute Gasteiger partial charge is 0.471 e. The molecule has 5 aliphatic rings. The lowest BCUT2D eigenvalue weighted by atomic mass is 9.63. The van der Waals surface area contributed by atoms with E-state index in [2.05, 4.69) is 0 Å². The first-order chi connectivity index (χ1) is 14.1. The number of aryl methyl sites for hydroxylation is 1. The average molecular weight is 439 g/mol. The van der Waals surface area contributed by atoms with Gasteiger partial charge in [-0.05, 0) is 54.7 Å². The van der Waals surface area contributed by atoms with Gasteiger partial charge in [0, 0.05) is 10.7 Å². The van der Waals surface area contributed by atoms with Crippen LogP contribution in [0.5, 0.6) is 0 Å². The monoisotopic (exact) mass is 438 g/mol. The standard InChI is InChI=1S/C21H18ClF3N2O3/c1-9-2-3-10(6-15(9)22)26(20(30)21(23,24)25)8-27-18(28)16-11-4-5-12(14-7-13(11)14)17(16)19(27)29/h2-6,11-14,16-17H,7-8H2,1H3/t11-,12-,13-,14+,16-,17+/m1/s1. The topological polar surface area (TPSA) is 57.7 Å². The van der Waals surface area contributed by atoms with E-state index >= 15 is 0 Å². The molecule has 1 aromatic rings. The summed E-state index contributed by atoms with van der Waals surface area (Å²) < 4.78 is 39.9. The summed E-state index contributed by atoms with van der Waals surface area (Å²) in [6.45, 7) is 0.894. The fourth-order valence-corrected chi connectivity index (χ4v) is 5.64. The molecule has 0 N–H and O–H groups in total. The Hall–Kier alpha value is -2.35. The Bertz CT molecular complexity index is 972. The van der Waals surface area contributed by atoms with Crippen molar-refractivity contribution in [1.29, 1.82) is 0 Å². The maximum absolute atomic E-state index is 13.3. The van der Waals surface area contributed by atoms with Crippen LogP contribution in [0.15, 0.2) is 30.4 Å². The van der Waals surface area contributed by atoms with E-state index in [4.69, 9.17) is 11.6 Å². The van der Waals surface area contributed by atoms with Crippen molar-refractivity contribution in [2.75, 3.05) is 11.6 Å². The van der Waals surface area contributed by atoms with Crippen molar-refractivity contribution in [3.05, 3.63) is 40.9 Å². The van der Waals surface area contributed by atoms with Gasteiger partial charge < -0.3 is 0 Å². The van der Waals surface area contributed by atoms with Crippen LogP contribution in [0, 0.1) is 42.4 Å². The van der Waals surface area contributed by atoms with Gasteiger partial charge in [0.25, 0.3) is 0 Å². The highest BCUT2D eigenvalue weighted by atomic mass is 35.5. The third kappa shape index (κ3) is 2.72. The van der Waals surface area contributed by atoms with Crippen LogP contribution in [-0.2, 0) is 14.4 Å². The lowest BCUT2D eigenvalue weighted by molar-refractivity contribution is -0.171. The number of hydrogen-bond acceptors (Lipinski definition) is 3. The number of halogens is 4. The fourth-order valence-electron chi connectivity index (χ4n) is 5.47. The van der Waals surface area contributed by atoms with Crippen molar-refractivity contribution >= 4 is 35.0 Å². The molecule has 0 unspecified atom stereocenters. The molecule has 2 saturated carbocycles. The van der Waals surface area contributed by atoms with Gasteiger partial charge in [0.1, 0.15) is 6.67 Å². The molecule has 4 aliphatic carbocycles. The maximum Gasteiger partial charge on any atom is 0.471 e. The highest BCUT2D eigenvalue weighted by Crippen LogP contribution is 2.65. The zero-order chi connectivity index (χ0) is 21.5. The number of rotatable bonds is 3. The number of amides is 3. The van der Waals surface area contributed by atoms with E-state index in [0.717, 1.165) is 11.3 Å². The smallest absolute Gasteiger partial charge is 0.286 e. The Morgan fingerprint density at radius 3 is 2.20 bits per heavy atom. The van der Waals surface area contributed by atoms with Gasteiger partial charge in [0.15, 0.2) is 0 Å². The molecule has 3 amide bonds. The first kappa shape index (κ1) is 19.6. The van der Waals surface area contributed by atoms with E-state index in [9.17, 15) is 27.6 Å². The molecule has 2 bridgehead atoms. The summed E-state index contributed by atoms with van der Waals surface area (Å²) in [4.78, 5) is 39.6. The molecule has 1 aromatic carbocycles. The Kier molecular flexibility index (Phi) is 4.13. The molecule has 0 aromatic heterocycles. The minimum atomic E-state index is -5.17. The van der Waals surface area contributed by atoms with Gasteiger partial charge in [0.05, 0.1) is 11.8 Å². The SMILES string of the molecule is Cc1ccc(N(CN2C(=O)[C@@H]3[C@@H]4C=C[C@H]([C@@H]5C[C@H]45)[C@@H]3C2=O)C(=O)C(F)(F)F)cc1Cl. The molecule has 5 nitrogen and oxygen atoms in total. The molecule has 0 spiro atoms. The minimum absolute atomic E-state index is 0.0490. The van der Waals surface area contributed by atoms with E-state index in [0.29, 0.717) is 22.3 Å². The second-order valence-electron chi connectivity index (χ2n) is 8.56. The number of allylic oxidation sites excluding steroid dienone is 2. The first-order valence-corrected chi connectivity index (χ1v) is 10.2. The zero-order valence-electron chi connectivity index (χ0n) is 15.9. The molecule has 1 heterocycles. The third-order valence-corrected chi connectivity index (χ3v) is 7.40. The first-order valence-electron chi connectivity index (χ1n) is 9.78. The molecule has 6 atom stereocenters. The molecular formula is C21H18ClF3N2O3. The molecule has 9 heteroatoms. The van der Waals surface area contributed by atoms with Crippen molar-refractivity contribution in [2.45, 2.75) is 19.5 Å². The van der Waals surface area contributed by atoms with Crippen LogP contribution >= 0.6 is 11.6 Å². The fraction of sp³-hybridized carbons (Fsp3) is 0.476. The van der Waals surface area contributed by atoms with Crippen molar-refractivity contribution in [2.24, 2.45) is 35.5 Å². The number of benzene rings is 1. The van der Waals surface area contributed by atoms with Gasteiger partial charge in [-0.3, -0.25) is 24.2 Å². The van der Waals surface area contributed by atoms with E-state index < -0.39 is 42.4 Å². The molecule has 30 heavy (non-hydrogen) atoms. The molecule has 158 valence electrons. The predicted octanol–water partition coefficient (Wildman–Crippen LogP) is 3.55. The van der Waals surface area contributed by atoms with Crippen molar-refractivity contribution in [1.82, 2.24) is 4.90 Å². The van der Waals surface area contributed by atoms with Crippen LogP contribution in [0.25, 0.3) is 0 Å². The molecule has 1 saturated heterocycles. The van der Waals surface area contributed by atoms with Gasteiger partial charge in [-0.1, -0.05) is 29.8 Å². The Labute approximate surface area is 175 Å². The Balaban J connectivity index is 1.48. The van der Waals surface area contributed by atoms with Crippen LogP contribution < -0.4 is 4.90 Å². The Morgan fingerprint density at radius 1 is 1.13 bits per heavy atom. The minimum Gasteiger partial charge on any atom is -0.286 e. The average Bonchev–Trinajstić information content (AvgIpc) is 3.47. The number of hydrogen-bond donors (Lipinski definition) is 0. The molecule has 6 rings (SSSR count). The lowest BCUT2D eigenvalue weighted by Crippen LogP contribution is -2.49. The summed E-state index contributed by atoms with van der Waals surface area (Å²) in [7, 11) is 0. The van der Waals surface area contributed by atoms with E-state index in [1.165, 1.54) is 18.2 Å². The van der Waals surface area contributed by atoms with Crippen LogP contribution in [0.2, 0.25) is 5.02 Å². The van der Waals surface area contributed by atoms with Crippen LogP contribution in [0.4, 0.5) is 18.9 Å². The van der Waals surface area contributed by atoms with Crippen LogP contribution in [0.3, 0.4) is 0 Å². The summed E-state index contributed by atoms with van der Waals surface area (Å²) in [5.41, 5.74) is 0.508. The highest BCUT2D eigenvalue weighted by Gasteiger charge is 2.67. The number of carbonyl (C=O) groups is 3. The summed E-state index contributed by atoms with van der Waals surface area (Å²) in [6, 6.07) is 4.04. The van der Waals surface area contributed by atoms with Gasteiger partial charge >= 0.3 is 12.1 Å². The number of likely N-dealkylation sites (tertiary alicyclic amines) is 1. The summed E-state index contributed by atoms with van der Waals surface area (Å²) in [5, 5.41) is 0.183. The molecule has 3 fully saturated rings. The van der Waals surface area contributed by atoms with Crippen molar-refractivity contribution in [3.8, 4) is 0 Å². The molecular weight excluding hydrogens is 421 g/mol. The second-order valence-corrected chi connectivity index (χ2v) is 8.97. The van der Waals surface area contributed by atoms with Crippen LogP contribution in [-0.4, -0.2) is 35.5 Å². The van der Waals surface area contributed by atoms with E-state index in [1.807, 2.05) is 12.2 Å². The number of alkyl halides is 3. The van der Waals surface area contributed by atoms with Crippen LogP contribution in [0.1, 0.15) is 12.0 Å². The number of anilines is 1. The quantitative estimate of drug-likeness (QED) is 0.535. The summed E-state index contributed by atoms with van der Waals surface area (Å²) in [6.07, 6.45) is -0.227. The predicted molar refractivity (Wildman–Crippen MR) is 101 cm³/mol. The normalized spacial score (nSPS) is 33.6. The lowest BCUT2D eigenvalue weighted by Gasteiger charge is -2.37. The van der Waals surface area contributed by atoms with Gasteiger partial charge in [0.2, 0.25) is 11.8 Å². The second kappa shape index (κ2) is 6.33. The van der Waals surface area contributed by atoms with Crippen molar-refractivity contribution in [3.63, 3.8) is 0 Å². The van der Waals surface area contributed by atoms with E-state index in [1.54, 1.807) is 6.92 Å². The van der Waals surface area contributed by atoms with E-state index in [-0.39, 0.29) is 22.5 Å². The van der Waals surface area contributed by atoms with Gasteiger partial charge in [-0.15, -0.1) is 0 Å². The Morgan fingerprint density at radius 2 is 1.70 bits per heavy atom. The maximum atomic E-state index is 13.3. The summed E-state index contributed by atoms with van der Waals surface area (Å²) >= 11 is 6.04. The van der Waals surface area contributed by atoms with Gasteiger partial charge in [-0.25, -0.2) is 0 Å². The summed E-state index contributed by atoms with van der Waals surface area (Å²) in [5.74, 6) is -3.56. The zero-order valence-corrected chi connectivity index (χ0v) is 16.7. The molecule has 1 aliphatic heterocycles. The number of imide groups is 1. The third-order valence-electron chi connectivity index (χ3n) is 6.99. The molecule has 0 radical (unpaired) electrons. The van der Waals surface area contributed by atoms with Gasteiger partial charge in [-0.2, -0.15) is 13.2 Å².